The summed E-state index contributed by atoms with van der Waals surface area (Å²) in [4.78, 5) is 4.87. The first-order valence-electron chi connectivity index (χ1n) is 8.86. The molecule has 4 aliphatic heterocycles. The third kappa shape index (κ3) is 3.22. The van der Waals surface area contributed by atoms with Gasteiger partial charge in [0.1, 0.15) is 0 Å². The summed E-state index contributed by atoms with van der Waals surface area (Å²) in [7, 11) is 0. The first-order valence-corrected chi connectivity index (χ1v) is 8.86. The van der Waals surface area contributed by atoms with Gasteiger partial charge in [0.25, 0.3) is 0 Å². The Morgan fingerprint density at radius 1 is 0.957 bits per heavy atom. The first kappa shape index (κ1) is 15.3. The molecule has 4 aliphatic rings. The molecule has 126 valence electrons. The van der Waals surface area contributed by atoms with Gasteiger partial charge in [0.15, 0.2) is 11.6 Å². The van der Waals surface area contributed by atoms with Crippen LogP contribution in [-0.2, 0) is 0 Å². The number of hydrogen-bond donors (Lipinski definition) is 1. The zero-order valence-electron chi connectivity index (χ0n) is 13.5. The molecule has 2 bridgehead atoms. The molecule has 1 aromatic carbocycles. The SMILES string of the molecule is Fc1ccc(N2CCC(N3C[C@H]4CC[C@@H](C3)NC4)CC2)cc1F. The standard InChI is InChI=1S/C18H25F2N3/c19-17-4-3-16(9-18(17)20)22-7-5-15(6-8-22)23-11-13-1-2-14(12-23)21-10-13/h3-4,9,13-15,21H,1-2,5-8,10-12H2/t13-,14-/m0/s1. The topological polar surface area (TPSA) is 18.5 Å². The average molecular weight is 321 g/mol. The zero-order chi connectivity index (χ0) is 15.8. The monoisotopic (exact) mass is 321 g/mol. The molecule has 5 rings (SSSR count). The van der Waals surface area contributed by atoms with Gasteiger partial charge in [-0.15, -0.1) is 0 Å². The number of hydrogen-bond acceptors (Lipinski definition) is 3. The lowest BCUT2D eigenvalue weighted by atomic mass is 9.97. The zero-order valence-corrected chi connectivity index (χ0v) is 13.5. The Bertz CT molecular complexity index is 535. The van der Waals surface area contributed by atoms with E-state index in [4.69, 9.17) is 0 Å². The molecule has 1 aromatic rings. The number of piperidine rings is 2. The second-order valence-corrected chi connectivity index (χ2v) is 7.32. The van der Waals surface area contributed by atoms with Gasteiger partial charge in [-0.25, -0.2) is 8.78 Å². The molecule has 0 unspecified atom stereocenters. The molecule has 0 amide bonds. The van der Waals surface area contributed by atoms with Gasteiger partial charge >= 0.3 is 0 Å². The van der Waals surface area contributed by atoms with Crippen LogP contribution in [0.25, 0.3) is 0 Å². The molecule has 0 spiro atoms. The van der Waals surface area contributed by atoms with Crippen LogP contribution in [0, 0.1) is 17.6 Å². The van der Waals surface area contributed by atoms with Gasteiger partial charge in [0, 0.05) is 50.0 Å². The van der Waals surface area contributed by atoms with Crippen molar-refractivity contribution in [3.63, 3.8) is 0 Å². The number of halogens is 2. The van der Waals surface area contributed by atoms with Crippen LogP contribution in [0.15, 0.2) is 18.2 Å². The Kier molecular flexibility index (Phi) is 4.24. The minimum Gasteiger partial charge on any atom is -0.371 e. The first-order chi connectivity index (χ1) is 11.2. The number of anilines is 1. The Balaban J connectivity index is 1.38. The second kappa shape index (κ2) is 6.36. The summed E-state index contributed by atoms with van der Waals surface area (Å²) in [6.45, 7) is 5.42. The van der Waals surface area contributed by atoms with Crippen LogP contribution in [0.3, 0.4) is 0 Å². The predicted octanol–water partition coefficient (Wildman–Crippen LogP) is 2.62. The fraction of sp³-hybridized carbons (Fsp3) is 0.667. The number of rotatable bonds is 2. The molecule has 3 nitrogen and oxygen atoms in total. The van der Waals surface area contributed by atoms with Crippen LogP contribution in [0.1, 0.15) is 25.7 Å². The number of benzene rings is 1. The van der Waals surface area contributed by atoms with E-state index in [-0.39, 0.29) is 0 Å². The van der Waals surface area contributed by atoms with Crippen molar-refractivity contribution in [2.24, 2.45) is 5.92 Å². The molecule has 5 heteroatoms. The lowest BCUT2D eigenvalue weighted by molar-refractivity contribution is 0.163. The molecule has 0 saturated carbocycles. The third-order valence-electron chi connectivity index (χ3n) is 5.82. The molecule has 0 radical (unpaired) electrons. The lowest BCUT2D eigenvalue weighted by Gasteiger charge is -2.39. The molecule has 0 aliphatic carbocycles. The molecule has 0 aromatic heterocycles. The van der Waals surface area contributed by atoms with Crippen LogP contribution in [0.4, 0.5) is 14.5 Å². The lowest BCUT2D eigenvalue weighted by Crippen LogP contribution is -2.47. The van der Waals surface area contributed by atoms with Crippen molar-refractivity contribution in [3.8, 4) is 0 Å². The summed E-state index contributed by atoms with van der Waals surface area (Å²) < 4.78 is 26.5. The van der Waals surface area contributed by atoms with Crippen molar-refractivity contribution in [1.29, 1.82) is 0 Å². The maximum Gasteiger partial charge on any atom is 0.160 e. The van der Waals surface area contributed by atoms with Crippen LogP contribution in [0.2, 0.25) is 0 Å². The Labute approximate surface area is 136 Å². The highest BCUT2D eigenvalue weighted by atomic mass is 19.2. The Hall–Kier alpha value is -1.20. The highest BCUT2D eigenvalue weighted by molar-refractivity contribution is 5.47. The van der Waals surface area contributed by atoms with Gasteiger partial charge in [-0.3, -0.25) is 4.90 Å². The van der Waals surface area contributed by atoms with Crippen LogP contribution in [0.5, 0.6) is 0 Å². The summed E-state index contributed by atoms with van der Waals surface area (Å²) in [5.41, 5.74) is 0.806. The van der Waals surface area contributed by atoms with Crippen LogP contribution in [-0.4, -0.2) is 49.7 Å². The van der Waals surface area contributed by atoms with E-state index in [1.165, 1.54) is 44.6 Å². The van der Waals surface area contributed by atoms with E-state index < -0.39 is 11.6 Å². The minimum atomic E-state index is -0.767. The van der Waals surface area contributed by atoms with Gasteiger partial charge in [-0.1, -0.05) is 0 Å². The molecule has 23 heavy (non-hydrogen) atoms. The van der Waals surface area contributed by atoms with Gasteiger partial charge < -0.3 is 10.2 Å². The molecular formula is C18H25F2N3. The maximum absolute atomic E-state index is 13.4. The molecular weight excluding hydrogens is 296 g/mol. The molecule has 1 N–H and O–H groups in total. The Morgan fingerprint density at radius 3 is 2.48 bits per heavy atom. The quantitative estimate of drug-likeness (QED) is 0.903. The highest BCUT2D eigenvalue weighted by Gasteiger charge is 2.33. The largest absolute Gasteiger partial charge is 0.371 e. The van der Waals surface area contributed by atoms with Crippen LogP contribution < -0.4 is 10.2 Å². The van der Waals surface area contributed by atoms with Crippen molar-refractivity contribution in [2.45, 2.75) is 37.8 Å². The van der Waals surface area contributed by atoms with Gasteiger partial charge in [-0.05, 0) is 50.3 Å². The summed E-state index contributed by atoms with van der Waals surface area (Å²) in [6.07, 6.45) is 4.90. The van der Waals surface area contributed by atoms with E-state index in [0.29, 0.717) is 12.1 Å². The van der Waals surface area contributed by atoms with Crippen LogP contribution >= 0.6 is 0 Å². The normalized spacial score (nSPS) is 29.7. The van der Waals surface area contributed by atoms with Crippen molar-refractivity contribution in [1.82, 2.24) is 10.2 Å². The molecule has 4 saturated heterocycles. The number of fused-ring (bicyclic) bond motifs is 4. The fourth-order valence-corrected chi connectivity index (χ4v) is 4.44. The van der Waals surface area contributed by atoms with E-state index >= 15 is 0 Å². The second-order valence-electron chi connectivity index (χ2n) is 7.32. The van der Waals surface area contributed by atoms with Gasteiger partial charge in [-0.2, -0.15) is 0 Å². The van der Waals surface area contributed by atoms with Crippen molar-refractivity contribution in [2.75, 3.05) is 37.6 Å². The number of nitrogens with one attached hydrogen (secondary N) is 1. The smallest absolute Gasteiger partial charge is 0.160 e. The summed E-state index contributed by atoms with van der Waals surface area (Å²) in [5.74, 6) is -0.714. The summed E-state index contributed by atoms with van der Waals surface area (Å²) in [5, 5.41) is 3.67. The van der Waals surface area contributed by atoms with E-state index in [0.717, 1.165) is 37.5 Å². The van der Waals surface area contributed by atoms with Crippen molar-refractivity contribution < 1.29 is 8.78 Å². The van der Waals surface area contributed by atoms with E-state index in [1.54, 1.807) is 6.07 Å². The fourth-order valence-electron chi connectivity index (χ4n) is 4.44. The van der Waals surface area contributed by atoms with Gasteiger partial charge in [0.2, 0.25) is 0 Å². The van der Waals surface area contributed by atoms with Gasteiger partial charge in [0.05, 0.1) is 0 Å². The van der Waals surface area contributed by atoms with E-state index in [2.05, 4.69) is 15.1 Å². The minimum absolute atomic E-state index is 0.638. The van der Waals surface area contributed by atoms with Crippen molar-refractivity contribution >= 4 is 5.69 Å². The Morgan fingerprint density at radius 2 is 1.78 bits per heavy atom. The average Bonchev–Trinajstić information content (AvgIpc) is 2.91. The summed E-state index contributed by atoms with van der Waals surface area (Å²) >= 11 is 0. The number of nitrogens with zero attached hydrogens (tertiary/aromatic N) is 2. The third-order valence-corrected chi connectivity index (χ3v) is 5.82. The van der Waals surface area contributed by atoms with E-state index in [9.17, 15) is 8.78 Å². The summed E-state index contributed by atoms with van der Waals surface area (Å²) in [6, 6.07) is 5.55. The maximum atomic E-state index is 13.4. The molecule has 2 atom stereocenters. The predicted molar refractivity (Wildman–Crippen MR) is 87.7 cm³/mol. The molecule has 4 fully saturated rings. The van der Waals surface area contributed by atoms with Crippen molar-refractivity contribution in [3.05, 3.63) is 29.8 Å². The molecule has 4 heterocycles. The highest BCUT2D eigenvalue weighted by Crippen LogP contribution is 2.28. The van der Waals surface area contributed by atoms with E-state index in [1.807, 2.05) is 0 Å².